The van der Waals surface area contributed by atoms with E-state index in [4.69, 9.17) is 4.74 Å². The van der Waals surface area contributed by atoms with Crippen molar-refractivity contribution in [2.75, 3.05) is 26.0 Å². The Kier molecular flexibility index (Phi) is 4.12. The van der Waals surface area contributed by atoms with E-state index in [9.17, 15) is 4.79 Å². The maximum absolute atomic E-state index is 12.3. The highest BCUT2D eigenvalue weighted by Gasteiger charge is 2.29. The number of aryl methyl sites for hydroxylation is 1. The van der Waals surface area contributed by atoms with Crippen molar-refractivity contribution in [3.63, 3.8) is 0 Å². The number of thiophene rings is 1. The number of amides is 1. The first-order valence-electron chi connectivity index (χ1n) is 6.51. The van der Waals surface area contributed by atoms with Gasteiger partial charge in [0.15, 0.2) is 0 Å². The third kappa shape index (κ3) is 2.81. The maximum Gasteiger partial charge on any atom is 0.261 e. The predicted molar refractivity (Wildman–Crippen MR) is 79.1 cm³/mol. The molecule has 3 rings (SSSR count). The lowest BCUT2D eigenvalue weighted by Gasteiger charge is -2.17. The minimum absolute atomic E-state index is 0.0418. The van der Waals surface area contributed by atoms with Gasteiger partial charge in [0, 0.05) is 30.8 Å². The van der Waals surface area contributed by atoms with Gasteiger partial charge in [0.25, 0.3) is 5.91 Å². The molecule has 2 atom stereocenters. The molecule has 1 aromatic rings. The van der Waals surface area contributed by atoms with Crippen molar-refractivity contribution in [3.05, 3.63) is 21.4 Å². The SMILES string of the molecule is CO[C@H]1CNCC1NC(=O)c1cc2c(s1)CCSC2. The van der Waals surface area contributed by atoms with Crippen LogP contribution in [0.25, 0.3) is 0 Å². The monoisotopic (exact) mass is 298 g/mol. The van der Waals surface area contributed by atoms with Crippen LogP contribution in [0.1, 0.15) is 20.1 Å². The largest absolute Gasteiger partial charge is 0.378 e. The molecule has 104 valence electrons. The second kappa shape index (κ2) is 5.83. The minimum Gasteiger partial charge on any atom is -0.378 e. The summed E-state index contributed by atoms with van der Waals surface area (Å²) in [6.45, 7) is 1.59. The van der Waals surface area contributed by atoms with Crippen LogP contribution in [-0.2, 0) is 16.9 Å². The fourth-order valence-electron chi connectivity index (χ4n) is 2.55. The fraction of sp³-hybridized carbons (Fsp3) is 0.615. The Morgan fingerprint density at radius 3 is 3.21 bits per heavy atom. The zero-order valence-electron chi connectivity index (χ0n) is 10.9. The number of methoxy groups -OCH3 is 1. The Morgan fingerprint density at radius 2 is 2.42 bits per heavy atom. The van der Waals surface area contributed by atoms with Crippen LogP contribution in [-0.4, -0.2) is 44.0 Å². The average molecular weight is 298 g/mol. The van der Waals surface area contributed by atoms with Crippen LogP contribution in [0, 0.1) is 0 Å². The molecule has 1 amide bonds. The number of carbonyl (C=O) groups is 1. The quantitative estimate of drug-likeness (QED) is 0.882. The molecule has 2 aliphatic heterocycles. The number of hydrogen-bond donors (Lipinski definition) is 2. The summed E-state index contributed by atoms with van der Waals surface area (Å²) in [5.41, 5.74) is 1.35. The lowest BCUT2D eigenvalue weighted by atomic mass is 10.2. The van der Waals surface area contributed by atoms with E-state index in [1.807, 2.05) is 11.8 Å². The van der Waals surface area contributed by atoms with Crippen molar-refractivity contribution < 1.29 is 9.53 Å². The van der Waals surface area contributed by atoms with Crippen LogP contribution >= 0.6 is 23.1 Å². The average Bonchev–Trinajstić information content (AvgIpc) is 3.03. The van der Waals surface area contributed by atoms with Crippen LogP contribution in [0.2, 0.25) is 0 Å². The first-order valence-corrected chi connectivity index (χ1v) is 8.48. The Morgan fingerprint density at radius 1 is 1.53 bits per heavy atom. The number of nitrogens with one attached hydrogen (secondary N) is 2. The van der Waals surface area contributed by atoms with Crippen LogP contribution in [0.3, 0.4) is 0 Å². The van der Waals surface area contributed by atoms with Crippen molar-refractivity contribution >= 4 is 29.0 Å². The standard InChI is InChI=1S/C13H18N2O2S2/c1-17-10-6-14-5-9(10)15-13(16)12-4-8-7-18-3-2-11(8)19-12/h4,9-10,14H,2-3,5-7H2,1H3,(H,15,16)/t9?,10-/m0/s1. The van der Waals surface area contributed by atoms with E-state index in [1.165, 1.54) is 16.2 Å². The number of ether oxygens (including phenoxy) is 1. The molecule has 0 aliphatic carbocycles. The highest BCUT2D eigenvalue weighted by atomic mass is 32.2. The molecule has 0 bridgehead atoms. The maximum atomic E-state index is 12.3. The zero-order valence-corrected chi connectivity index (χ0v) is 12.5. The van der Waals surface area contributed by atoms with Crippen molar-refractivity contribution in [2.45, 2.75) is 24.3 Å². The second-order valence-corrected chi connectivity index (χ2v) is 7.12. The molecule has 3 heterocycles. The number of fused-ring (bicyclic) bond motifs is 1. The van der Waals surface area contributed by atoms with Gasteiger partial charge in [0.2, 0.25) is 0 Å². The van der Waals surface area contributed by atoms with Crippen molar-refractivity contribution in [2.24, 2.45) is 0 Å². The van der Waals surface area contributed by atoms with E-state index in [0.717, 1.165) is 30.1 Å². The molecular weight excluding hydrogens is 280 g/mol. The highest BCUT2D eigenvalue weighted by Crippen LogP contribution is 2.31. The summed E-state index contributed by atoms with van der Waals surface area (Å²) < 4.78 is 5.36. The summed E-state index contributed by atoms with van der Waals surface area (Å²) in [7, 11) is 1.69. The smallest absolute Gasteiger partial charge is 0.261 e. The summed E-state index contributed by atoms with van der Waals surface area (Å²) in [4.78, 5) is 14.5. The summed E-state index contributed by atoms with van der Waals surface area (Å²) in [5, 5.41) is 6.32. The zero-order chi connectivity index (χ0) is 13.2. The molecule has 1 saturated heterocycles. The fourth-order valence-corrected chi connectivity index (χ4v) is 4.82. The lowest BCUT2D eigenvalue weighted by molar-refractivity contribution is 0.0782. The Labute approximate surface area is 121 Å². The molecule has 19 heavy (non-hydrogen) atoms. The number of rotatable bonds is 3. The van der Waals surface area contributed by atoms with Gasteiger partial charge in [-0.2, -0.15) is 11.8 Å². The van der Waals surface area contributed by atoms with E-state index in [2.05, 4.69) is 16.7 Å². The molecule has 6 heteroatoms. The van der Waals surface area contributed by atoms with Gasteiger partial charge in [0.1, 0.15) is 0 Å². The van der Waals surface area contributed by atoms with E-state index in [-0.39, 0.29) is 18.1 Å². The molecule has 1 fully saturated rings. The van der Waals surface area contributed by atoms with Crippen LogP contribution in [0.5, 0.6) is 0 Å². The molecular formula is C13H18N2O2S2. The van der Waals surface area contributed by atoms with Crippen molar-refractivity contribution in [3.8, 4) is 0 Å². The van der Waals surface area contributed by atoms with Gasteiger partial charge in [-0.15, -0.1) is 11.3 Å². The third-order valence-electron chi connectivity index (χ3n) is 3.63. The summed E-state index contributed by atoms with van der Waals surface area (Å²) in [5.74, 6) is 2.26. The number of hydrogen-bond acceptors (Lipinski definition) is 5. The second-order valence-electron chi connectivity index (χ2n) is 4.87. The van der Waals surface area contributed by atoms with Gasteiger partial charge < -0.3 is 15.4 Å². The van der Waals surface area contributed by atoms with E-state index >= 15 is 0 Å². The van der Waals surface area contributed by atoms with Crippen molar-refractivity contribution in [1.82, 2.24) is 10.6 Å². The molecule has 1 unspecified atom stereocenters. The molecule has 2 N–H and O–H groups in total. The topological polar surface area (TPSA) is 50.4 Å². The summed E-state index contributed by atoms with van der Waals surface area (Å²) in [6.07, 6.45) is 1.18. The Hall–Kier alpha value is -0.560. The van der Waals surface area contributed by atoms with Crippen molar-refractivity contribution in [1.29, 1.82) is 0 Å². The van der Waals surface area contributed by atoms with Gasteiger partial charge in [-0.05, 0) is 23.8 Å². The normalized spacial score (nSPS) is 26.2. The van der Waals surface area contributed by atoms with Gasteiger partial charge >= 0.3 is 0 Å². The number of thioether (sulfide) groups is 1. The Balaban J connectivity index is 1.68. The van der Waals surface area contributed by atoms with Gasteiger partial charge in [-0.1, -0.05) is 0 Å². The van der Waals surface area contributed by atoms with Gasteiger partial charge in [0.05, 0.1) is 17.0 Å². The third-order valence-corrected chi connectivity index (χ3v) is 5.87. The van der Waals surface area contributed by atoms with Crippen LogP contribution in [0.15, 0.2) is 6.07 Å². The predicted octanol–water partition coefficient (Wildman–Crippen LogP) is 1.25. The van der Waals surface area contributed by atoms with E-state index in [1.54, 1.807) is 18.4 Å². The minimum atomic E-state index is 0.0418. The summed E-state index contributed by atoms with van der Waals surface area (Å²) in [6, 6.07) is 2.14. The first kappa shape index (κ1) is 13.4. The van der Waals surface area contributed by atoms with Gasteiger partial charge in [-0.3, -0.25) is 4.79 Å². The number of carbonyl (C=O) groups excluding carboxylic acids is 1. The molecule has 0 saturated carbocycles. The Bertz CT molecular complexity index is 452. The first-order chi connectivity index (χ1) is 9.28. The highest BCUT2D eigenvalue weighted by molar-refractivity contribution is 7.98. The molecule has 4 nitrogen and oxygen atoms in total. The molecule has 1 aromatic heterocycles. The lowest BCUT2D eigenvalue weighted by Crippen LogP contribution is -2.43. The van der Waals surface area contributed by atoms with Gasteiger partial charge in [-0.25, -0.2) is 0 Å². The molecule has 0 spiro atoms. The molecule has 0 radical (unpaired) electrons. The van der Waals surface area contributed by atoms with E-state index < -0.39 is 0 Å². The summed E-state index contributed by atoms with van der Waals surface area (Å²) >= 11 is 3.59. The van der Waals surface area contributed by atoms with Crippen LogP contribution in [0.4, 0.5) is 0 Å². The molecule has 2 aliphatic rings. The molecule has 0 aromatic carbocycles. The van der Waals surface area contributed by atoms with Crippen LogP contribution < -0.4 is 10.6 Å². The van der Waals surface area contributed by atoms with E-state index in [0.29, 0.717) is 0 Å².